The van der Waals surface area contributed by atoms with Crippen LogP contribution in [0.5, 0.6) is 0 Å². The maximum Gasteiger partial charge on any atom is 0.417 e. The second kappa shape index (κ2) is 6.71. The second-order valence-corrected chi connectivity index (χ2v) is 5.99. The van der Waals surface area contributed by atoms with Crippen molar-refractivity contribution in [2.75, 3.05) is 38.0 Å². The molecule has 0 aliphatic rings. The highest BCUT2D eigenvalue weighted by atomic mass is 19.4. The third-order valence-corrected chi connectivity index (χ3v) is 3.86. The van der Waals surface area contributed by atoms with E-state index in [9.17, 15) is 17.6 Å². The summed E-state index contributed by atoms with van der Waals surface area (Å²) >= 11 is 0. The first kappa shape index (κ1) is 18.1. The van der Waals surface area contributed by atoms with Gasteiger partial charge in [0.1, 0.15) is 6.67 Å². The highest BCUT2D eigenvalue weighted by molar-refractivity contribution is 5.75. The quantitative estimate of drug-likeness (QED) is 0.725. The summed E-state index contributed by atoms with van der Waals surface area (Å²) in [7, 11) is 6.94. The molecule has 24 heavy (non-hydrogen) atoms. The molecule has 0 aliphatic carbocycles. The molecule has 0 aromatic heterocycles. The summed E-state index contributed by atoms with van der Waals surface area (Å²) in [5.74, 6) is 0. The van der Waals surface area contributed by atoms with Crippen LogP contribution in [0.15, 0.2) is 36.4 Å². The first-order chi connectivity index (χ1) is 11.1. The monoisotopic (exact) mass is 340 g/mol. The van der Waals surface area contributed by atoms with Gasteiger partial charge in [-0.15, -0.1) is 0 Å². The van der Waals surface area contributed by atoms with Gasteiger partial charge >= 0.3 is 6.18 Å². The van der Waals surface area contributed by atoms with Crippen molar-refractivity contribution in [2.45, 2.75) is 12.9 Å². The number of rotatable bonds is 4. The number of alkyl halides is 4. The van der Waals surface area contributed by atoms with Gasteiger partial charge in [0.25, 0.3) is 0 Å². The lowest BCUT2D eigenvalue weighted by atomic mass is 9.94. The van der Waals surface area contributed by atoms with E-state index >= 15 is 0 Å². The molecule has 0 saturated carbocycles. The van der Waals surface area contributed by atoms with E-state index in [-0.39, 0.29) is 16.7 Å². The summed E-state index contributed by atoms with van der Waals surface area (Å²) in [5.41, 5.74) is 0.916. The molecule has 0 radical (unpaired) electrons. The Balaban J connectivity index is 2.68. The number of hydrogen-bond donors (Lipinski definition) is 0. The minimum atomic E-state index is -4.52. The fraction of sp³-hybridized carbons (Fsp3) is 0.333. The van der Waals surface area contributed by atoms with Crippen molar-refractivity contribution in [3.63, 3.8) is 0 Å². The first-order valence-electron chi connectivity index (χ1n) is 7.40. The Morgan fingerprint density at radius 1 is 0.792 bits per heavy atom. The molecule has 0 amide bonds. The van der Waals surface area contributed by atoms with Gasteiger partial charge in [-0.2, -0.15) is 13.2 Å². The zero-order valence-electron chi connectivity index (χ0n) is 14.1. The minimum absolute atomic E-state index is 0.00828. The van der Waals surface area contributed by atoms with E-state index in [1.165, 1.54) is 6.07 Å². The second-order valence-electron chi connectivity index (χ2n) is 5.99. The van der Waals surface area contributed by atoms with Crippen LogP contribution in [0.3, 0.4) is 0 Å². The van der Waals surface area contributed by atoms with E-state index in [2.05, 4.69) is 0 Å². The van der Waals surface area contributed by atoms with E-state index < -0.39 is 18.4 Å². The van der Waals surface area contributed by atoms with Gasteiger partial charge in [-0.05, 0) is 41.0 Å². The summed E-state index contributed by atoms with van der Waals surface area (Å²) in [6, 6.07) is 8.92. The Hall–Kier alpha value is -2.24. The minimum Gasteiger partial charge on any atom is -0.378 e. The Labute approximate surface area is 139 Å². The highest BCUT2D eigenvalue weighted by Crippen LogP contribution is 2.40. The lowest BCUT2D eigenvalue weighted by Crippen LogP contribution is -2.13. The van der Waals surface area contributed by atoms with Gasteiger partial charge < -0.3 is 9.80 Å². The van der Waals surface area contributed by atoms with Crippen LogP contribution in [0.1, 0.15) is 11.1 Å². The molecule has 2 aromatic rings. The third kappa shape index (κ3) is 3.63. The van der Waals surface area contributed by atoms with Crippen LogP contribution in [0, 0.1) is 0 Å². The zero-order valence-corrected chi connectivity index (χ0v) is 14.1. The molecule has 0 saturated heterocycles. The first-order valence-corrected chi connectivity index (χ1v) is 7.40. The fourth-order valence-electron chi connectivity index (χ4n) is 2.51. The molecule has 0 aliphatic heterocycles. The van der Waals surface area contributed by atoms with Gasteiger partial charge in [-0.3, -0.25) is 0 Å². The number of halogens is 4. The molecule has 0 bridgehead atoms. The number of nitrogens with zero attached hydrogens (tertiary/aromatic N) is 2. The topological polar surface area (TPSA) is 6.48 Å². The summed E-state index contributed by atoms with van der Waals surface area (Å²) in [4.78, 5) is 3.38. The van der Waals surface area contributed by atoms with Crippen molar-refractivity contribution in [3.05, 3.63) is 47.5 Å². The molecule has 0 fully saturated rings. The van der Waals surface area contributed by atoms with E-state index in [1.54, 1.807) is 62.3 Å². The number of benzene rings is 2. The van der Waals surface area contributed by atoms with E-state index in [0.717, 1.165) is 11.8 Å². The molecule has 0 N–H and O–H groups in total. The maximum atomic E-state index is 13.5. The third-order valence-electron chi connectivity index (χ3n) is 3.86. The van der Waals surface area contributed by atoms with Crippen molar-refractivity contribution in [1.29, 1.82) is 0 Å². The fourth-order valence-corrected chi connectivity index (χ4v) is 2.51. The smallest absolute Gasteiger partial charge is 0.378 e. The highest BCUT2D eigenvalue weighted by Gasteiger charge is 2.34. The average molecular weight is 340 g/mol. The van der Waals surface area contributed by atoms with Gasteiger partial charge in [-0.1, -0.05) is 12.1 Å². The number of anilines is 2. The van der Waals surface area contributed by atoms with Crippen LogP contribution in [0.2, 0.25) is 0 Å². The van der Waals surface area contributed by atoms with Crippen molar-refractivity contribution >= 4 is 11.4 Å². The van der Waals surface area contributed by atoms with Gasteiger partial charge in [0.05, 0.1) is 5.56 Å². The van der Waals surface area contributed by atoms with E-state index in [1.807, 2.05) is 0 Å². The maximum absolute atomic E-state index is 13.5. The standard InChI is InChI=1S/C18H20F4N2/c1-23(2)13-5-7-15(12(9-13)11-19)16-8-6-14(24(3)4)10-17(16)18(20,21)22/h5-10H,11H2,1-4H3. The van der Waals surface area contributed by atoms with Gasteiger partial charge in [0, 0.05) is 39.6 Å². The zero-order chi connectivity index (χ0) is 18.1. The molecule has 0 heterocycles. The SMILES string of the molecule is CN(C)c1ccc(-c2ccc(N(C)C)cc2C(F)(F)F)c(CF)c1. The molecule has 2 nitrogen and oxygen atoms in total. The molecule has 130 valence electrons. The molecule has 0 unspecified atom stereocenters. The summed E-state index contributed by atoms with van der Waals surface area (Å²) < 4.78 is 53.9. The van der Waals surface area contributed by atoms with Gasteiger partial charge in [0.2, 0.25) is 0 Å². The predicted octanol–water partition coefficient (Wildman–Crippen LogP) is 4.97. The Kier molecular flexibility index (Phi) is 5.06. The Morgan fingerprint density at radius 2 is 1.29 bits per heavy atom. The Bertz CT molecular complexity index is 721. The molecular formula is C18H20F4N2. The van der Waals surface area contributed by atoms with Crippen LogP contribution in [0.25, 0.3) is 11.1 Å². The van der Waals surface area contributed by atoms with Crippen molar-refractivity contribution in [3.8, 4) is 11.1 Å². The average Bonchev–Trinajstić information content (AvgIpc) is 2.52. The molecule has 6 heteroatoms. The van der Waals surface area contributed by atoms with Gasteiger partial charge in [0.15, 0.2) is 0 Å². The molecule has 2 aromatic carbocycles. The molecular weight excluding hydrogens is 320 g/mol. The van der Waals surface area contributed by atoms with E-state index in [4.69, 9.17) is 0 Å². The van der Waals surface area contributed by atoms with Gasteiger partial charge in [-0.25, -0.2) is 4.39 Å². The molecule has 0 spiro atoms. The number of hydrogen-bond acceptors (Lipinski definition) is 2. The van der Waals surface area contributed by atoms with Crippen molar-refractivity contribution in [1.82, 2.24) is 0 Å². The molecule has 2 rings (SSSR count). The van der Waals surface area contributed by atoms with Crippen LogP contribution in [0.4, 0.5) is 28.9 Å². The summed E-state index contributed by atoms with van der Waals surface area (Å²) in [5, 5.41) is 0. The van der Waals surface area contributed by atoms with Crippen molar-refractivity contribution in [2.24, 2.45) is 0 Å². The largest absolute Gasteiger partial charge is 0.417 e. The van der Waals surface area contributed by atoms with Crippen LogP contribution in [-0.2, 0) is 12.9 Å². The van der Waals surface area contributed by atoms with Crippen LogP contribution in [-0.4, -0.2) is 28.2 Å². The lowest BCUT2D eigenvalue weighted by Gasteiger charge is -2.21. The predicted molar refractivity (Wildman–Crippen MR) is 90.3 cm³/mol. The van der Waals surface area contributed by atoms with Crippen LogP contribution < -0.4 is 9.80 Å². The molecule has 0 atom stereocenters. The Morgan fingerprint density at radius 3 is 1.75 bits per heavy atom. The summed E-state index contributed by atoms with van der Waals surface area (Å²) in [6.45, 7) is -0.830. The van der Waals surface area contributed by atoms with E-state index in [0.29, 0.717) is 5.69 Å². The lowest BCUT2D eigenvalue weighted by molar-refractivity contribution is -0.137. The summed E-state index contributed by atoms with van der Waals surface area (Å²) in [6.07, 6.45) is -4.52. The van der Waals surface area contributed by atoms with Crippen LogP contribution >= 0.6 is 0 Å². The van der Waals surface area contributed by atoms with Crippen molar-refractivity contribution < 1.29 is 17.6 Å². The normalized spacial score (nSPS) is 11.5.